The molecule has 2 nitrogen and oxygen atoms in total. The van der Waals surface area contributed by atoms with E-state index in [1.807, 2.05) is 19.1 Å². The molecule has 1 rings (SSSR count). The molecular formula is C12H15NO. The molecule has 0 amide bonds. The first kappa shape index (κ1) is 10.6. The first-order chi connectivity index (χ1) is 6.70. The number of rotatable bonds is 1. The van der Waals surface area contributed by atoms with Crippen LogP contribution in [0.2, 0.25) is 0 Å². The second kappa shape index (κ2) is 4.69. The Kier molecular flexibility index (Phi) is 3.55. The lowest BCUT2D eigenvalue weighted by molar-refractivity contribution is 0.410. The Morgan fingerprint density at radius 1 is 1.36 bits per heavy atom. The standard InChI is InChI=1S/C12H15NO/c1-9-6-7-11(5-4-8-13)12(14-3)10(9)2/h6-7H,8,13H2,1-3H3. The molecule has 0 unspecified atom stereocenters. The molecule has 0 aromatic heterocycles. The topological polar surface area (TPSA) is 35.2 Å². The van der Waals surface area contributed by atoms with Crippen LogP contribution in [0.1, 0.15) is 16.7 Å². The minimum absolute atomic E-state index is 0.371. The van der Waals surface area contributed by atoms with Crippen LogP contribution in [0.25, 0.3) is 0 Å². The van der Waals surface area contributed by atoms with Crippen molar-refractivity contribution in [1.29, 1.82) is 0 Å². The first-order valence-electron chi connectivity index (χ1n) is 4.53. The lowest BCUT2D eigenvalue weighted by Crippen LogP contribution is -1.96. The van der Waals surface area contributed by atoms with Gasteiger partial charge in [-0.1, -0.05) is 17.9 Å². The molecule has 0 spiro atoms. The Bertz CT molecular complexity index is 385. The summed E-state index contributed by atoms with van der Waals surface area (Å²) in [7, 11) is 1.66. The summed E-state index contributed by atoms with van der Waals surface area (Å²) in [6.07, 6.45) is 0. The van der Waals surface area contributed by atoms with Crippen molar-refractivity contribution >= 4 is 0 Å². The van der Waals surface area contributed by atoms with E-state index in [9.17, 15) is 0 Å². The lowest BCUT2D eigenvalue weighted by Gasteiger charge is -2.09. The van der Waals surface area contributed by atoms with E-state index in [0.29, 0.717) is 6.54 Å². The average Bonchev–Trinajstić information content (AvgIpc) is 2.20. The highest BCUT2D eigenvalue weighted by atomic mass is 16.5. The van der Waals surface area contributed by atoms with Gasteiger partial charge >= 0.3 is 0 Å². The van der Waals surface area contributed by atoms with E-state index < -0.39 is 0 Å². The summed E-state index contributed by atoms with van der Waals surface area (Å²) in [5, 5.41) is 0. The van der Waals surface area contributed by atoms with E-state index >= 15 is 0 Å². The predicted octanol–water partition coefficient (Wildman–Crippen LogP) is 1.62. The first-order valence-corrected chi connectivity index (χ1v) is 4.53. The molecule has 2 heteroatoms. The predicted molar refractivity (Wildman–Crippen MR) is 58.4 cm³/mol. The summed E-state index contributed by atoms with van der Waals surface area (Å²) >= 11 is 0. The van der Waals surface area contributed by atoms with Gasteiger partial charge in [0, 0.05) is 0 Å². The van der Waals surface area contributed by atoms with Crippen molar-refractivity contribution in [3.05, 3.63) is 28.8 Å². The van der Waals surface area contributed by atoms with Crippen LogP contribution >= 0.6 is 0 Å². The summed E-state index contributed by atoms with van der Waals surface area (Å²) < 4.78 is 5.31. The lowest BCUT2D eigenvalue weighted by atomic mass is 10.0. The highest BCUT2D eigenvalue weighted by Gasteiger charge is 2.05. The van der Waals surface area contributed by atoms with Crippen LogP contribution in [0.4, 0.5) is 0 Å². The van der Waals surface area contributed by atoms with E-state index in [0.717, 1.165) is 16.9 Å². The molecule has 0 fully saturated rings. The fourth-order valence-corrected chi connectivity index (χ4v) is 1.30. The quantitative estimate of drug-likeness (QED) is 0.681. The number of hydrogen-bond donors (Lipinski definition) is 1. The maximum atomic E-state index is 5.32. The van der Waals surface area contributed by atoms with Gasteiger partial charge in [-0.2, -0.15) is 0 Å². The molecule has 0 heterocycles. The van der Waals surface area contributed by atoms with Crippen molar-refractivity contribution in [2.24, 2.45) is 5.73 Å². The van der Waals surface area contributed by atoms with E-state index in [-0.39, 0.29) is 0 Å². The second-order valence-corrected chi connectivity index (χ2v) is 3.09. The minimum Gasteiger partial charge on any atom is -0.495 e. The molecule has 0 aliphatic carbocycles. The molecule has 2 N–H and O–H groups in total. The summed E-state index contributed by atoms with van der Waals surface area (Å²) in [5.74, 6) is 6.67. The van der Waals surface area contributed by atoms with E-state index in [2.05, 4.69) is 18.8 Å². The van der Waals surface area contributed by atoms with E-state index in [1.54, 1.807) is 7.11 Å². The van der Waals surface area contributed by atoms with Crippen LogP contribution in [0.5, 0.6) is 5.75 Å². The van der Waals surface area contributed by atoms with Crippen LogP contribution in [0, 0.1) is 25.7 Å². The molecule has 0 atom stereocenters. The third kappa shape index (κ3) is 2.07. The fraction of sp³-hybridized carbons (Fsp3) is 0.333. The molecule has 0 radical (unpaired) electrons. The summed E-state index contributed by atoms with van der Waals surface area (Å²) in [4.78, 5) is 0. The van der Waals surface area contributed by atoms with Gasteiger partial charge in [-0.25, -0.2) is 0 Å². The number of aryl methyl sites for hydroxylation is 1. The Morgan fingerprint density at radius 3 is 2.64 bits per heavy atom. The van der Waals surface area contributed by atoms with Gasteiger partial charge in [0.15, 0.2) is 0 Å². The zero-order valence-electron chi connectivity index (χ0n) is 8.85. The highest BCUT2D eigenvalue weighted by molar-refractivity contribution is 5.53. The molecule has 1 aromatic rings. The fourth-order valence-electron chi connectivity index (χ4n) is 1.30. The van der Waals surface area contributed by atoms with Crippen LogP contribution in [-0.4, -0.2) is 13.7 Å². The second-order valence-electron chi connectivity index (χ2n) is 3.09. The molecule has 0 saturated heterocycles. The molecule has 0 bridgehead atoms. The van der Waals surface area contributed by atoms with Crippen molar-refractivity contribution in [1.82, 2.24) is 0 Å². The van der Waals surface area contributed by atoms with E-state index in [1.165, 1.54) is 5.56 Å². The Balaban J connectivity index is 3.24. The highest BCUT2D eigenvalue weighted by Crippen LogP contribution is 2.25. The molecule has 14 heavy (non-hydrogen) atoms. The molecule has 0 aliphatic heterocycles. The van der Waals surface area contributed by atoms with Crippen molar-refractivity contribution in [2.45, 2.75) is 13.8 Å². The van der Waals surface area contributed by atoms with E-state index in [4.69, 9.17) is 10.5 Å². The number of nitrogens with two attached hydrogens (primary N) is 1. The van der Waals surface area contributed by atoms with Crippen molar-refractivity contribution < 1.29 is 4.74 Å². The Hall–Kier alpha value is -1.46. The zero-order valence-corrected chi connectivity index (χ0v) is 8.85. The molecular weight excluding hydrogens is 174 g/mol. The third-order valence-electron chi connectivity index (χ3n) is 2.21. The smallest absolute Gasteiger partial charge is 0.137 e. The SMILES string of the molecule is COc1c(C#CCN)ccc(C)c1C. The summed E-state index contributed by atoms with van der Waals surface area (Å²) in [6, 6.07) is 4.00. The van der Waals surface area contributed by atoms with Crippen LogP contribution in [0.15, 0.2) is 12.1 Å². The summed E-state index contributed by atoms with van der Waals surface area (Å²) in [5.41, 5.74) is 8.57. The normalized spacial score (nSPS) is 9.14. The Morgan fingerprint density at radius 2 is 2.07 bits per heavy atom. The van der Waals surface area contributed by atoms with Crippen molar-refractivity contribution in [3.8, 4) is 17.6 Å². The number of methoxy groups -OCH3 is 1. The van der Waals surface area contributed by atoms with Gasteiger partial charge in [-0.3, -0.25) is 0 Å². The van der Waals surface area contributed by atoms with Gasteiger partial charge in [0.1, 0.15) is 5.75 Å². The molecule has 1 aromatic carbocycles. The summed E-state index contributed by atoms with van der Waals surface area (Å²) in [6.45, 7) is 4.45. The number of ether oxygens (including phenoxy) is 1. The van der Waals surface area contributed by atoms with Gasteiger partial charge in [0.05, 0.1) is 19.2 Å². The molecule has 0 aliphatic rings. The van der Waals surface area contributed by atoms with Gasteiger partial charge in [0.25, 0.3) is 0 Å². The van der Waals surface area contributed by atoms with Crippen molar-refractivity contribution in [3.63, 3.8) is 0 Å². The van der Waals surface area contributed by atoms with Crippen LogP contribution in [-0.2, 0) is 0 Å². The number of benzene rings is 1. The van der Waals surface area contributed by atoms with Gasteiger partial charge in [0.2, 0.25) is 0 Å². The Labute approximate surface area is 85.1 Å². The maximum Gasteiger partial charge on any atom is 0.137 e. The third-order valence-corrected chi connectivity index (χ3v) is 2.21. The van der Waals surface area contributed by atoms with Crippen molar-refractivity contribution in [2.75, 3.05) is 13.7 Å². The van der Waals surface area contributed by atoms with Gasteiger partial charge < -0.3 is 10.5 Å². The van der Waals surface area contributed by atoms with Crippen LogP contribution < -0.4 is 10.5 Å². The minimum atomic E-state index is 0.371. The molecule has 0 saturated carbocycles. The molecule has 74 valence electrons. The number of hydrogen-bond acceptors (Lipinski definition) is 2. The largest absolute Gasteiger partial charge is 0.495 e. The van der Waals surface area contributed by atoms with Gasteiger partial charge in [-0.15, -0.1) is 0 Å². The van der Waals surface area contributed by atoms with Gasteiger partial charge in [-0.05, 0) is 31.0 Å². The van der Waals surface area contributed by atoms with Crippen LogP contribution in [0.3, 0.4) is 0 Å². The zero-order chi connectivity index (χ0) is 10.6. The monoisotopic (exact) mass is 189 g/mol. The maximum absolute atomic E-state index is 5.32. The average molecular weight is 189 g/mol.